The van der Waals surface area contributed by atoms with E-state index in [2.05, 4.69) is 15.4 Å². The summed E-state index contributed by atoms with van der Waals surface area (Å²) in [6.07, 6.45) is 7.27. The first kappa shape index (κ1) is 20.0. The van der Waals surface area contributed by atoms with Gasteiger partial charge in [-0.25, -0.2) is 0 Å². The second-order valence-corrected chi connectivity index (χ2v) is 6.26. The van der Waals surface area contributed by atoms with E-state index in [1.54, 1.807) is 22.8 Å². The Morgan fingerprint density at radius 3 is 2.88 bits per heavy atom. The molecule has 0 aliphatic carbocycles. The standard InChI is InChI=1S/C16H26N6O2.HI/c1-17-16(18-10-14-5-3-4-8-24-14)21-6-7-22(15(23)12-21)13-9-19-20(2)11-13;/h9,11,14H,3-8,10,12H2,1-2H3,(H,17,18);1H. The van der Waals surface area contributed by atoms with Gasteiger partial charge < -0.3 is 19.9 Å². The summed E-state index contributed by atoms with van der Waals surface area (Å²) in [7, 11) is 3.60. The number of rotatable bonds is 3. The normalized spacial score (nSPS) is 21.9. The number of carbonyl (C=O) groups excluding carboxylic acids is 1. The first-order chi connectivity index (χ1) is 11.7. The molecule has 1 aromatic heterocycles. The second kappa shape index (κ2) is 9.37. The molecule has 1 atom stereocenters. The minimum atomic E-state index is 0. The molecule has 0 saturated carbocycles. The molecule has 1 amide bonds. The van der Waals surface area contributed by atoms with Crippen LogP contribution >= 0.6 is 24.0 Å². The van der Waals surface area contributed by atoms with Crippen molar-refractivity contribution >= 4 is 41.5 Å². The van der Waals surface area contributed by atoms with Gasteiger partial charge in [0.25, 0.3) is 0 Å². The van der Waals surface area contributed by atoms with E-state index >= 15 is 0 Å². The minimum absolute atomic E-state index is 0. The molecule has 0 spiro atoms. The molecule has 1 N–H and O–H groups in total. The number of aromatic nitrogens is 2. The molecule has 8 nitrogen and oxygen atoms in total. The minimum Gasteiger partial charge on any atom is -0.376 e. The summed E-state index contributed by atoms with van der Waals surface area (Å²) in [5, 5.41) is 7.49. The van der Waals surface area contributed by atoms with Gasteiger partial charge in [-0.1, -0.05) is 0 Å². The van der Waals surface area contributed by atoms with E-state index in [1.807, 2.05) is 18.1 Å². The molecule has 9 heteroatoms. The summed E-state index contributed by atoms with van der Waals surface area (Å²) >= 11 is 0. The number of guanidine groups is 1. The zero-order valence-electron chi connectivity index (χ0n) is 14.8. The van der Waals surface area contributed by atoms with Crippen LogP contribution in [0, 0.1) is 0 Å². The quantitative estimate of drug-likeness (QED) is 0.410. The van der Waals surface area contributed by atoms with Gasteiger partial charge in [0, 0.05) is 46.5 Å². The van der Waals surface area contributed by atoms with Gasteiger partial charge in [0.05, 0.1) is 18.0 Å². The smallest absolute Gasteiger partial charge is 0.246 e. The molecule has 140 valence electrons. The third-order valence-electron chi connectivity index (χ3n) is 4.50. The Morgan fingerprint density at radius 1 is 1.44 bits per heavy atom. The van der Waals surface area contributed by atoms with Crippen molar-refractivity contribution < 1.29 is 9.53 Å². The highest BCUT2D eigenvalue weighted by Crippen LogP contribution is 2.16. The van der Waals surface area contributed by atoms with Gasteiger partial charge in [-0.2, -0.15) is 5.10 Å². The van der Waals surface area contributed by atoms with E-state index in [1.165, 1.54) is 6.42 Å². The molecule has 2 fully saturated rings. The Labute approximate surface area is 165 Å². The van der Waals surface area contributed by atoms with E-state index in [0.717, 1.165) is 44.2 Å². The largest absolute Gasteiger partial charge is 0.376 e. The van der Waals surface area contributed by atoms with Crippen LogP contribution in [0.15, 0.2) is 17.4 Å². The lowest BCUT2D eigenvalue weighted by atomic mass is 10.1. The molecular weight excluding hydrogens is 435 g/mol. The average molecular weight is 462 g/mol. The Morgan fingerprint density at radius 2 is 2.28 bits per heavy atom. The van der Waals surface area contributed by atoms with Gasteiger partial charge in [-0.15, -0.1) is 24.0 Å². The first-order valence-corrected chi connectivity index (χ1v) is 8.53. The van der Waals surface area contributed by atoms with Crippen molar-refractivity contribution in [3.63, 3.8) is 0 Å². The summed E-state index contributed by atoms with van der Waals surface area (Å²) in [4.78, 5) is 20.6. The maximum atomic E-state index is 12.5. The number of nitrogens with one attached hydrogen (secondary N) is 1. The summed E-state index contributed by atoms with van der Waals surface area (Å²) in [6.45, 7) is 3.27. The van der Waals surface area contributed by atoms with Gasteiger partial charge in [0.2, 0.25) is 5.91 Å². The Kier molecular flexibility index (Phi) is 7.48. The van der Waals surface area contributed by atoms with E-state index in [0.29, 0.717) is 13.1 Å². The molecule has 0 bridgehead atoms. The maximum Gasteiger partial charge on any atom is 0.246 e. The van der Waals surface area contributed by atoms with Crippen molar-refractivity contribution in [3.05, 3.63) is 12.4 Å². The van der Waals surface area contributed by atoms with Gasteiger partial charge in [-0.05, 0) is 19.3 Å². The van der Waals surface area contributed by atoms with Crippen molar-refractivity contribution in [2.75, 3.05) is 44.7 Å². The highest BCUT2D eigenvalue weighted by atomic mass is 127. The highest BCUT2D eigenvalue weighted by molar-refractivity contribution is 14.0. The number of piperazine rings is 1. The van der Waals surface area contributed by atoms with E-state index in [-0.39, 0.29) is 36.0 Å². The molecule has 2 aliphatic heterocycles. The maximum absolute atomic E-state index is 12.5. The summed E-state index contributed by atoms with van der Waals surface area (Å²) in [6, 6.07) is 0. The van der Waals surface area contributed by atoms with Crippen LogP contribution in [0.1, 0.15) is 19.3 Å². The number of nitrogens with zero attached hydrogens (tertiary/aromatic N) is 5. The Balaban J connectivity index is 0.00000225. The molecule has 2 aliphatic rings. The van der Waals surface area contributed by atoms with Crippen molar-refractivity contribution in [3.8, 4) is 0 Å². The number of anilines is 1. The van der Waals surface area contributed by atoms with Crippen LogP contribution in [0.25, 0.3) is 0 Å². The predicted molar refractivity (Wildman–Crippen MR) is 108 cm³/mol. The van der Waals surface area contributed by atoms with Crippen molar-refractivity contribution in [2.45, 2.75) is 25.4 Å². The molecule has 1 aromatic rings. The lowest BCUT2D eigenvalue weighted by Crippen LogP contribution is -2.56. The van der Waals surface area contributed by atoms with Crippen LogP contribution < -0.4 is 10.2 Å². The summed E-state index contributed by atoms with van der Waals surface area (Å²) in [5.74, 6) is 0.828. The van der Waals surface area contributed by atoms with Gasteiger partial charge >= 0.3 is 0 Å². The second-order valence-electron chi connectivity index (χ2n) is 6.26. The van der Waals surface area contributed by atoms with Gasteiger partial charge in [0.1, 0.15) is 6.54 Å². The molecule has 0 aromatic carbocycles. The number of aliphatic imine (C=N–C) groups is 1. The fraction of sp³-hybridized carbons (Fsp3) is 0.688. The van der Waals surface area contributed by atoms with Crippen LogP contribution in [-0.2, 0) is 16.6 Å². The number of ether oxygens (including phenoxy) is 1. The van der Waals surface area contributed by atoms with Crippen LogP contribution in [-0.4, -0.2) is 72.5 Å². The van der Waals surface area contributed by atoms with Gasteiger partial charge in [-0.3, -0.25) is 14.5 Å². The van der Waals surface area contributed by atoms with E-state index in [4.69, 9.17) is 4.74 Å². The molecular formula is C16H27IN6O2. The number of aryl methyl sites for hydroxylation is 1. The van der Waals surface area contributed by atoms with Crippen LogP contribution in [0.4, 0.5) is 5.69 Å². The number of hydrogen-bond acceptors (Lipinski definition) is 4. The summed E-state index contributed by atoms with van der Waals surface area (Å²) < 4.78 is 7.45. The van der Waals surface area contributed by atoms with Crippen molar-refractivity contribution in [1.82, 2.24) is 20.0 Å². The lowest BCUT2D eigenvalue weighted by molar-refractivity contribution is -0.120. The highest BCUT2D eigenvalue weighted by Gasteiger charge is 2.28. The number of halogens is 1. The van der Waals surface area contributed by atoms with Gasteiger partial charge in [0.15, 0.2) is 5.96 Å². The SMILES string of the molecule is CN=C(NCC1CCCCO1)N1CCN(c2cnn(C)c2)C(=O)C1.I. The predicted octanol–water partition coefficient (Wildman–Crippen LogP) is 0.831. The zero-order valence-corrected chi connectivity index (χ0v) is 17.2. The summed E-state index contributed by atoms with van der Waals surface area (Å²) in [5.41, 5.74) is 0.848. The van der Waals surface area contributed by atoms with Crippen LogP contribution in [0.5, 0.6) is 0 Å². The molecule has 2 saturated heterocycles. The van der Waals surface area contributed by atoms with Crippen molar-refractivity contribution in [1.29, 1.82) is 0 Å². The molecule has 1 unspecified atom stereocenters. The Bertz CT molecular complexity index is 599. The topological polar surface area (TPSA) is 75.0 Å². The number of carbonyl (C=O) groups is 1. The average Bonchev–Trinajstić information content (AvgIpc) is 3.02. The zero-order chi connectivity index (χ0) is 16.9. The monoisotopic (exact) mass is 462 g/mol. The molecule has 25 heavy (non-hydrogen) atoms. The van der Waals surface area contributed by atoms with E-state index < -0.39 is 0 Å². The molecule has 3 heterocycles. The van der Waals surface area contributed by atoms with E-state index in [9.17, 15) is 4.79 Å². The number of amides is 1. The first-order valence-electron chi connectivity index (χ1n) is 8.53. The number of hydrogen-bond donors (Lipinski definition) is 1. The third-order valence-corrected chi connectivity index (χ3v) is 4.50. The molecule has 3 rings (SSSR count). The third kappa shape index (κ3) is 5.06. The van der Waals surface area contributed by atoms with Crippen LogP contribution in [0.3, 0.4) is 0 Å². The Hall–Kier alpha value is -1.36. The molecule has 0 radical (unpaired) electrons. The fourth-order valence-corrected chi connectivity index (χ4v) is 3.18. The van der Waals surface area contributed by atoms with Crippen LogP contribution in [0.2, 0.25) is 0 Å². The fourth-order valence-electron chi connectivity index (χ4n) is 3.18. The lowest BCUT2D eigenvalue weighted by Gasteiger charge is -2.36. The van der Waals surface area contributed by atoms with Crippen molar-refractivity contribution in [2.24, 2.45) is 12.0 Å².